The highest BCUT2D eigenvalue weighted by atomic mass is 32.1. The molecular formula is C12H15N3O3S. The number of hydrogen-bond acceptors (Lipinski definition) is 5. The molecule has 102 valence electrons. The molecule has 1 aromatic rings. The summed E-state index contributed by atoms with van der Waals surface area (Å²) in [5.41, 5.74) is 0.707. The Kier molecular flexibility index (Phi) is 2.93. The van der Waals surface area contributed by atoms with Crippen molar-refractivity contribution in [1.82, 2.24) is 9.88 Å². The zero-order chi connectivity index (χ0) is 13.6. The Bertz CT molecular complexity index is 542. The number of anilines is 1. The fourth-order valence-electron chi connectivity index (χ4n) is 2.51. The molecule has 1 unspecified atom stereocenters. The van der Waals surface area contributed by atoms with E-state index in [1.165, 1.54) is 11.3 Å². The lowest BCUT2D eigenvalue weighted by Gasteiger charge is -2.31. The summed E-state index contributed by atoms with van der Waals surface area (Å²) < 4.78 is 0. The van der Waals surface area contributed by atoms with Crippen LogP contribution in [-0.4, -0.2) is 53.5 Å². The highest BCUT2D eigenvalue weighted by Crippen LogP contribution is 2.39. The van der Waals surface area contributed by atoms with Gasteiger partial charge in [-0.05, 0) is 12.8 Å². The largest absolute Gasteiger partial charge is 0.481 e. The molecule has 19 heavy (non-hydrogen) atoms. The second kappa shape index (κ2) is 4.48. The number of likely N-dealkylation sites (N-methyl/N-ethyl adjacent to an activating group) is 1. The number of piperazine rings is 1. The van der Waals surface area contributed by atoms with Gasteiger partial charge in [-0.2, -0.15) is 0 Å². The van der Waals surface area contributed by atoms with Crippen LogP contribution in [0.3, 0.4) is 0 Å². The first kappa shape index (κ1) is 12.4. The van der Waals surface area contributed by atoms with E-state index in [4.69, 9.17) is 5.11 Å². The van der Waals surface area contributed by atoms with E-state index in [1.54, 1.807) is 11.9 Å². The Morgan fingerprint density at radius 2 is 2.26 bits per heavy atom. The SMILES string of the molecule is CN1CCN(c2nc3c(s2)CCC3C(=O)O)CC1=O. The summed E-state index contributed by atoms with van der Waals surface area (Å²) in [4.78, 5) is 32.0. The van der Waals surface area contributed by atoms with Crippen LogP contribution >= 0.6 is 11.3 Å². The van der Waals surface area contributed by atoms with Gasteiger partial charge in [-0.25, -0.2) is 4.98 Å². The summed E-state index contributed by atoms with van der Waals surface area (Å²) in [6.07, 6.45) is 1.43. The summed E-state index contributed by atoms with van der Waals surface area (Å²) in [6, 6.07) is 0. The molecule has 1 aliphatic heterocycles. The lowest BCUT2D eigenvalue weighted by Crippen LogP contribution is -2.48. The van der Waals surface area contributed by atoms with Crippen LogP contribution in [0.15, 0.2) is 0 Å². The zero-order valence-electron chi connectivity index (χ0n) is 10.6. The zero-order valence-corrected chi connectivity index (χ0v) is 11.4. The van der Waals surface area contributed by atoms with Crippen LogP contribution in [-0.2, 0) is 16.0 Å². The number of carboxylic acid groups (broad SMARTS) is 1. The normalized spacial score (nSPS) is 22.8. The monoisotopic (exact) mass is 281 g/mol. The van der Waals surface area contributed by atoms with Crippen LogP contribution < -0.4 is 4.90 Å². The fraction of sp³-hybridized carbons (Fsp3) is 0.583. The number of nitrogens with zero attached hydrogens (tertiary/aromatic N) is 3. The summed E-state index contributed by atoms with van der Waals surface area (Å²) in [5.74, 6) is -1.19. The summed E-state index contributed by atoms with van der Waals surface area (Å²) >= 11 is 1.53. The topological polar surface area (TPSA) is 73.7 Å². The highest BCUT2D eigenvalue weighted by Gasteiger charge is 2.34. The van der Waals surface area contributed by atoms with Gasteiger partial charge in [0, 0.05) is 25.0 Å². The number of rotatable bonds is 2. The molecule has 0 aromatic carbocycles. The molecule has 2 heterocycles. The molecule has 0 radical (unpaired) electrons. The molecule has 1 N–H and O–H groups in total. The summed E-state index contributed by atoms with van der Waals surface area (Å²) in [7, 11) is 1.79. The van der Waals surface area contributed by atoms with Gasteiger partial charge in [0.05, 0.1) is 12.2 Å². The minimum atomic E-state index is -0.801. The smallest absolute Gasteiger partial charge is 0.312 e. The van der Waals surface area contributed by atoms with Gasteiger partial charge in [-0.15, -0.1) is 11.3 Å². The van der Waals surface area contributed by atoms with Gasteiger partial charge in [0.15, 0.2) is 5.13 Å². The van der Waals surface area contributed by atoms with Crippen molar-refractivity contribution in [2.45, 2.75) is 18.8 Å². The lowest BCUT2D eigenvalue weighted by molar-refractivity contribution is -0.138. The molecule has 1 amide bonds. The number of aromatic nitrogens is 1. The van der Waals surface area contributed by atoms with Crippen molar-refractivity contribution in [3.05, 3.63) is 10.6 Å². The van der Waals surface area contributed by atoms with Crippen molar-refractivity contribution in [3.8, 4) is 0 Å². The molecule has 1 saturated heterocycles. The number of amides is 1. The maximum atomic E-state index is 11.7. The highest BCUT2D eigenvalue weighted by molar-refractivity contribution is 7.15. The van der Waals surface area contributed by atoms with Gasteiger partial charge in [0.2, 0.25) is 5.91 Å². The van der Waals surface area contributed by atoms with Gasteiger partial charge in [-0.1, -0.05) is 0 Å². The number of thiazole rings is 1. The number of aryl methyl sites for hydroxylation is 1. The molecule has 1 aliphatic carbocycles. The Labute approximate surface area is 114 Å². The molecule has 6 nitrogen and oxygen atoms in total. The average Bonchev–Trinajstić information content (AvgIpc) is 2.91. The minimum Gasteiger partial charge on any atom is -0.481 e. The minimum absolute atomic E-state index is 0.0800. The second-order valence-corrected chi connectivity index (χ2v) is 6.03. The lowest BCUT2D eigenvalue weighted by atomic mass is 10.1. The van der Waals surface area contributed by atoms with Crippen molar-refractivity contribution in [2.75, 3.05) is 31.6 Å². The van der Waals surface area contributed by atoms with Gasteiger partial charge >= 0.3 is 5.97 Å². The maximum Gasteiger partial charge on any atom is 0.312 e. The second-order valence-electron chi connectivity index (χ2n) is 4.97. The van der Waals surface area contributed by atoms with E-state index in [-0.39, 0.29) is 5.91 Å². The first-order chi connectivity index (χ1) is 9.06. The first-order valence-electron chi connectivity index (χ1n) is 6.27. The van der Waals surface area contributed by atoms with Gasteiger partial charge < -0.3 is 14.9 Å². The van der Waals surface area contributed by atoms with E-state index in [9.17, 15) is 9.59 Å². The molecule has 2 aliphatic rings. The molecule has 0 spiro atoms. The van der Waals surface area contributed by atoms with E-state index in [1.807, 2.05) is 4.90 Å². The third-order valence-electron chi connectivity index (χ3n) is 3.73. The maximum absolute atomic E-state index is 11.7. The standard InChI is InChI=1S/C12H15N3O3S/c1-14-4-5-15(6-9(14)16)12-13-10-7(11(17)18)2-3-8(10)19-12/h7H,2-6H2,1H3,(H,17,18). The third-order valence-corrected chi connectivity index (χ3v) is 4.92. The molecule has 7 heteroatoms. The Balaban J connectivity index is 1.83. The number of carbonyl (C=O) groups is 2. The number of carbonyl (C=O) groups excluding carboxylic acids is 1. The summed E-state index contributed by atoms with van der Waals surface area (Å²) in [5, 5.41) is 9.94. The van der Waals surface area contributed by atoms with Crippen LogP contribution in [0.5, 0.6) is 0 Å². The van der Waals surface area contributed by atoms with Gasteiger partial charge in [-0.3, -0.25) is 9.59 Å². The van der Waals surface area contributed by atoms with Crippen molar-refractivity contribution in [2.24, 2.45) is 0 Å². The number of carboxylic acids is 1. The van der Waals surface area contributed by atoms with Gasteiger partial charge in [0.1, 0.15) is 5.92 Å². The summed E-state index contributed by atoms with van der Waals surface area (Å²) in [6.45, 7) is 1.78. The Morgan fingerprint density at radius 3 is 2.95 bits per heavy atom. The molecule has 3 rings (SSSR count). The van der Waals surface area contributed by atoms with Crippen LogP contribution in [0.2, 0.25) is 0 Å². The van der Waals surface area contributed by atoms with Crippen LogP contribution in [0.25, 0.3) is 0 Å². The van der Waals surface area contributed by atoms with Crippen LogP contribution in [0.4, 0.5) is 5.13 Å². The Morgan fingerprint density at radius 1 is 1.47 bits per heavy atom. The van der Waals surface area contributed by atoms with Crippen molar-refractivity contribution in [1.29, 1.82) is 0 Å². The van der Waals surface area contributed by atoms with E-state index in [2.05, 4.69) is 4.98 Å². The average molecular weight is 281 g/mol. The predicted molar refractivity (Wildman–Crippen MR) is 70.7 cm³/mol. The van der Waals surface area contributed by atoms with Crippen molar-refractivity contribution >= 4 is 28.3 Å². The van der Waals surface area contributed by atoms with Crippen LogP contribution in [0.1, 0.15) is 22.9 Å². The van der Waals surface area contributed by atoms with Crippen molar-refractivity contribution in [3.63, 3.8) is 0 Å². The number of hydrogen-bond donors (Lipinski definition) is 1. The van der Waals surface area contributed by atoms with E-state index >= 15 is 0 Å². The molecule has 0 saturated carbocycles. The molecule has 1 aromatic heterocycles. The molecule has 1 atom stereocenters. The van der Waals surface area contributed by atoms with Crippen molar-refractivity contribution < 1.29 is 14.7 Å². The van der Waals surface area contributed by atoms with Crippen LogP contribution in [0, 0.1) is 0 Å². The number of fused-ring (bicyclic) bond motifs is 1. The Hall–Kier alpha value is -1.63. The predicted octanol–water partition coefficient (Wildman–Crippen LogP) is 0.536. The molecule has 0 bridgehead atoms. The quantitative estimate of drug-likeness (QED) is 0.856. The molecular weight excluding hydrogens is 266 g/mol. The number of aliphatic carboxylic acids is 1. The first-order valence-corrected chi connectivity index (χ1v) is 7.09. The van der Waals surface area contributed by atoms with E-state index in [0.29, 0.717) is 25.2 Å². The molecule has 1 fully saturated rings. The van der Waals surface area contributed by atoms with E-state index < -0.39 is 11.9 Å². The van der Waals surface area contributed by atoms with E-state index in [0.717, 1.165) is 23.0 Å². The fourth-order valence-corrected chi connectivity index (χ4v) is 3.67. The van der Waals surface area contributed by atoms with Gasteiger partial charge in [0.25, 0.3) is 0 Å². The third kappa shape index (κ3) is 2.07.